The Balaban J connectivity index is 2.53. The minimum Gasteiger partial charge on any atom is -0.493 e. The van der Waals surface area contributed by atoms with Gasteiger partial charge in [-0.05, 0) is 35.9 Å². The molecule has 0 saturated carbocycles. The normalized spacial score (nSPS) is 11.0. The molecule has 0 amide bonds. The first kappa shape index (κ1) is 19.1. The van der Waals surface area contributed by atoms with Crippen molar-refractivity contribution in [3.8, 4) is 11.5 Å². The predicted molar refractivity (Wildman–Crippen MR) is 95.8 cm³/mol. The lowest BCUT2D eigenvalue weighted by Gasteiger charge is -2.15. The minimum atomic E-state index is -4.02. The van der Waals surface area contributed by atoms with Gasteiger partial charge in [0.1, 0.15) is 0 Å². The Morgan fingerprint density at radius 1 is 1.12 bits per heavy atom. The zero-order chi connectivity index (χ0) is 18.6. The molecule has 2 aromatic rings. The van der Waals surface area contributed by atoms with E-state index in [-0.39, 0.29) is 22.0 Å². The first-order valence-electron chi connectivity index (χ1n) is 7.02. The fourth-order valence-corrected chi connectivity index (χ4v) is 3.74. The van der Waals surface area contributed by atoms with E-state index in [1.807, 2.05) is 0 Å². The van der Waals surface area contributed by atoms with Crippen molar-refractivity contribution in [3.63, 3.8) is 0 Å². The maximum Gasteiger partial charge on any atom is 0.307 e. The quantitative estimate of drug-likeness (QED) is 0.701. The molecule has 2 aromatic carbocycles. The van der Waals surface area contributed by atoms with Crippen molar-refractivity contribution in [2.45, 2.75) is 11.3 Å². The van der Waals surface area contributed by atoms with Crippen LogP contribution in [-0.4, -0.2) is 33.7 Å². The highest BCUT2D eigenvalue weighted by molar-refractivity contribution is 9.10. The van der Waals surface area contributed by atoms with Crippen molar-refractivity contribution >= 4 is 37.6 Å². The van der Waals surface area contributed by atoms with E-state index in [2.05, 4.69) is 20.7 Å². The minimum absolute atomic E-state index is 0.0924. The maximum atomic E-state index is 12.7. The average Bonchev–Trinajstić information content (AvgIpc) is 2.55. The lowest BCUT2D eigenvalue weighted by Crippen LogP contribution is -2.17. The molecule has 2 rings (SSSR count). The van der Waals surface area contributed by atoms with E-state index in [4.69, 9.17) is 14.6 Å². The van der Waals surface area contributed by atoms with Crippen molar-refractivity contribution in [2.24, 2.45) is 0 Å². The molecule has 0 saturated heterocycles. The molecule has 134 valence electrons. The van der Waals surface area contributed by atoms with Gasteiger partial charge < -0.3 is 14.6 Å². The number of anilines is 1. The molecule has 9 heteroatoms. The topological polar surface area (TPSA) is 102 Å². The van der Waals surface area contributed by atoms with Crippen LogP contribution < -0.4 is 14.2 Å². The molecule has 0 bridgehead atoms. The van der Waals surface area contributed by atoms with Crippen molar-refractivity contribution in [1.29, 1.82) is 0 Å². The van der Waals surface area contributed by atoms with Gasteiger partial charge in [-0.2, -0.15) is 0 Å². The molecule has 2 N–H and O–H groups in total. The Morgan fingerprint density at radius 3 is 2.20 bits per heavy atom. The summed E-state index contributed by atoms with van der Waals surface area (Å²) in [5.74, 6) is -0.721. The van der Waals surface area contributed by atoms with Gasteiger partial charge in [-0.1, -0.05) is 15.9 Å². The molecule has 0 aliphatic rings. The number of hydrogen-bond acceptors (Lipinski definition) is 5. The summed E-state index contributed by atoms with van der Waals surface area (Å²) < 4.78 is 39.0. The first-order chi connectivity index (χ1) is 11.8. The lowest BCUT2D eigenvalue weighted by atomic mass is 10.1. The number of rotatable bonds is 7. The summed E-state index contributed by atoms with van der Waals surface area (Å²) in [4.78, 5) is 10.9. The van der Waals surface area contributed by atoms with E-state index in [1.54, 1.807) is 24.3 Å². The number of nitrogens with one attached hydrogen (secondary N) is 1. The molecule has 0 unspecified atom stereocenters. The van der Waals surface area contributed by atoms with Gasteiger partial charge in [0.05, 0.1) is 25.5 Å². The molecule has 7 nitrogen and oxygen atoms in total. The van der Waals surface area contributed by atoms with E-state index in [0.717, 1.165) is 4.47 Å². The maximum absolute atomic E-state index is 12.7. The van der Waals surface area contributed by atoms with Crippen LogP contribution in [0.3, 0.4) is 0 Å². The summed E-state index contributed by atoms with van der Waals surface area (Å²) in [6.45, 7) is 0. The second-order valence-corrected chi connectivity index (χ2v) is 7.56. The summed E-state index contributed by atoms with van der Waals surface area (Å²) in [6, 6.07) is 9.13. The Hall–Kier alpha value is -2.26. The number of methoxy groups -OCH3 is 2. The molecular weight excluding hydrogens is 414 g/mol. The Bertz CT molecular complexity index is 880. The van der Waals surface area contributed by atoms with Gasteiger partial charge in [0.15, 0.2) is 11.5 Å². The van der Waals surface area contributed by atoms with Crippen LogP contribution in [0.1, 0.15) is 5.56 Å². The van der Waals surface area contributed by atoms with Crippen LogP contribution in [-0.2, 0) is 21.2 Å². The number of benzene rings is 2. The molecule has 25 heavy (non-hydrogen) atoms. The van der Waals surface area contributed by atoms with E-state index >= 15 is 0 Å². The Kier molecular flexibility index (Phi) is 5.91. The molecule has 0 spiro atoms. The first-order valence-corrected chi connectivity index (χ1v) is 9.29. The Labute approximate surface area is 153 Å². The number of carboxylic acids is 1. The van der Waals surface area contributed by atoms with Crippen molar-refractivity contribution in [1.82, 2.24) is 0 Å². The molecule has 0 aliphatic carbocycles. The predicted octanol–water partition coefficient (Wildman–Crippen LogP) is 2.89. The second kappa shape index (κ2) is 7.75. The highest BCUT2D eigenvalue weighted by Crippen LogP contribution is 2.34. The molecule has 0 aromatic heterocycles. The largest absolute Gasteiger partial charge is 0.493 e. The number of sulfonamides is 1. The van der Waals surface area contributed by atoms with Gasteiger partial charge in [0.25, 0.3) is 10.0 Å². The van der Waals surface area contributed by atoms with E-state index in [9.17, 15) is 13.2 Å². The standard InChI is InChI=1S/C16H16BrNO6S/c1-23-13-7-10(8-16(19)20)15(9-14(13)24-2)25(21,22)18-12-5-3-11(17)4-6-12/h3-7,9,18H,8H2,1-2H3,(H,19,20). The molecular formula is C16H16BrNO6S. The summed E-state index contributed by atoms with van der Waals surface area (Å²) in [6.07, 6.45) is -0.475. The number of ether oxygens (including phenoxy) is 2. The van der Waals surface area contributed by atoms with Crippen LogP contribution >= 0.6 is 15.9 Å². The fourth-order valence-electron chi connectivity index (χ4n) is 2.18. The van der Waals surface area contributed by atoms with Gasteiger partial charge in [0.2, 0.25) is 0 Å². The van der Waals surface area contributed by atoms with Gasteiger partial charge in [-0.25, -0.2) is 8.42 Å². The second-order valence-electron chi connectivity index (χ2n) is 5.00. The van der Waals surface area contributed by atoms with Gasteiger partial charge >= 0.3 is 5.97 Å². The Morgan fingerprint density at radius 2 is 1.68 bits per heavy atom. The third-order valence-corrected chi connectivity index (χ3v) is 5.29. The van der Waals surface area contributed by atoms with Gasteiger partial charge in [0, 0.05) is 16.2 Å². The third-order valence-electron chi connectivity index (χ3n) is 3.29. The van der Waals surface area contributed by atoms with E-state index in [1.165, 1.54) is 26.4 Å². The summed E-state index contributed by atoms with van der Waals surface area (Å²) in [5.41, 5.74) is 0.439. The average molecular weight is 430 g/mol. The number of aliphatic carboxylic acids is 1. The van der Waals surface area contributed by atoms with E-state index in [0.29, 0.717) is 5.69 Å². The summed E-state index contributed by atoms with van der Waals surface area (Å²) in [5, 5.41) is 9.07. The summed E-state index contributed by atoms with van der Waals surface area (Å²) in [7, 11) is -1.27. The molecule has 0 aliphatic heterocycles. The van der Waals surface area contributed by atoms with Crippen LogP contribution in [0.25, 0.3) is 0 Å². The van der Waals surface area contributed by atoms with Crippen molar-refractivity contribution < 1.29 is 27.8 Å². The number of hydrogen-bond donors (Lipinski definition) is 2. The highest BCUT2D eigenvalue weighted by Gasteiger charge is 2.23. The van der Waals surface area contributed by atoms with Crippen molar-refractivity contribution in [2.75, 3.05) is 18.9 Å². The third kappa shape index (κ3) is 4.64. The van der Waals surface area contributed by atoms with Crippen LogP contribution in [0.2, 0.25) is 0 Å². The number of halogens is 1. The van der Waals surface area contributed by atoms with Gasteiger partial charge in [-0.3, -0.25) is 9.52 Å². The number of carboxylic acid groups (broad SMARTS) is 1. The SMILES string of the molecule is COc1cc(CC(=O)O)c(S(=O)(=O)Nc2ccc(Br)cc2)cc1OC. The van der Waals surface area contributed by atoms with Gasteiger partial charge in [-0.15, -0.1) is 0 Å². The lowest BCUT2D eigenvalue weighted by molar-refractivity contribution is -0.136. The molecule has 0 radical (unpaired) electrons. The molecule has 0 fully saturated rings. The highest BCUT2D eigenvalue weighted by atomic mass is 79.9. The van der Waals surface area contributed by atoms with Crippen LogP contribution in [0.15, 0.2) is 45.8 Å². The van der Waals surface area contributed by atoms with Crippen molar-refractivity contribution in [3.05, 3.63) is 46.4 Å². The fraction of sp³-hybridized carbons (Fsp3) is 0.188. The van der Waals surface area contributed by atoms with E-state index < -0.39 is 22.4 Å². The van der Waals surface area contributed by atoms with Crippen LogP contribution in [0.4, 0.5) is 5.69 Å². The smallest absolute Gasteiger partial charge is 0.307 e. The van der Waals surface area contributed by atoms with Crippen LogP contribution in [0, 0.1) is 0 Å². The molecule has 0 atom stereocenters. The zero-order valence-corrected chi connectivity index (χ0v) is 15.8. The zero-order valence-electron chi connectivity index (χ0n) is 13.4. The summed E-state index contributed by atoms with van der Waals surface area (Å²) >= 11 is 3.27. The molecule has 0 heterocycles. The monoisotopic (exact) mass is 429 g/mol. The number of carbonyl (C=O) groups is 1. The van der Waals surface area contributed by atoms with Crippen LogP contribution in [0.5, 0.6) is 11.5 Å².